The molecule has 0 spiro atoms. The van der Waals surface area contributed by atoms with Gasteiger partial charge in [0, 0.05) is 6.07 Å². The van der Waals surface area contributed by atoms with Crippen molar-refractivity contribution in [3.63, 3.8) is 0 Å². The van der Waals surface area contributed by atoms with Crippen LogP contribution in [0.15, 0.2) is 12.1 Å². The lowest BCUT2D eigenvalue weighted by Gasteiger charge is -2.21. The Morgan fingerprint density at radius 3 is 2.62 bits per heavy atom. The van der Waals surface area contributed by atoms with E-state index in [4.69, 9.17) is 9.84 Å². The smallest absolute Gasteiger partial charge is 0.338 e. The summed E-state index contributed by atoms with van der Waals surface area (Å²) in [5, 5.41) is 19.8. The molecule has 0 radical (unpaired) electrons. The zero-order valence-electron chi connectivity index (χ0n) is 11.4. The summed E-state index contributed by atoms with van der Waals surface area (Å²) >= 11 is 0. The summed E-state index contributed by atoms with van der Waals surface area (Å²) in [6.45, 7) is 0.283. The van der Waals surface area contributed by atoms with Gasteiger partial charge in [-0.15, -0.1) is 0 Å². The average molecular weight is 297 g/mol. The highest BCUT2D eigenvalue weighted by Gasteiger charge is 2.24. The van der Waals surface area contributed by atoms with Crippen molar-refractivity contribution in [3.8, 4) is 5.75 Å². The number of benzene rings is 1. The molecule has 1 aliphatic rings. The Labute approximate surface area is 120 Å². The molecule has 1 aromatic carbocycles. The molecule has 0 bridgehead atoms. The van der Waals surface area contributed by atoms with Gasteiger partial charge in [0.1, 0.15) is 5.82 Å². The van der Waals surface area contributed by atoms with Crippen LogP contribution < -0.4 is 4.74 Å². The van der Waals surface area contributed by atoms with Gasteiger partial charge in [-0.2, -0.15) is 0 Å². The summed E-state index contributed by atoms with van der Waals surface area (Å²) < 4.78 is 18.9. The first kappa shape index (κ1) is 15.2. The Morgan fingerprint density at radius 1 is 1.38 bits per heavy atom. The van der Waals surface area contributed by atoms with E-state index in [0.717, 1.165) is 31.7 Å². The summed E-state index contributed by atoms with van der Waals surface area (Å²) in [7, 11) is 0. The monoisotopic (exact) mass is 297 g/mol. The second kappa shape index (κ2) is 6.51. The molecule has 0 aliphatic heterocycles. The van der Waals surface area contributed by atoms with Crippen molar-refractivity contribution in [2.75, 3.05) is 6.61 Å². The van der Waals surface area contributed by atoms with Gasteiger partial charge in [-0.25, -0.2) is 9.18 Å². The predicted octanol–water partition coefficient (Wildman–Crippen LogP) is 3.39. The van der Waals surface area contributed by atoms with E-state index < -0.39 is 28.0 Å². The summed E-state index contributed by atoms with van der Waals surface area (Å²) in [5.41, 5.74) is -1.17. The molecule has 0 aromatic heterocycles. The number of nitro benzene ring substituents is 1. The fraction of sp³-hybridized carbons (Fsp3) is 0.500. The number of hydrogen-bond acceptors (Lipinski definition) is 4. The van der Waals surface area contributed by atoms with E-state index in [-0.39, 0.29) is 12.4 Å². The number of rotatable bonds is 5. The van der Waals surface area contributed by atoms with Gasteiger partial charge >= 0.3 is 11.7 Å². The van der Waals surface area contributed by atoms with Crippen molar-refractivity contribution in [1.82, 2.24) is 0 Å². The third kappa shape index (κ3) is 3.68. The third-order valence-corrected chi connectivity index (χ3v) is 3.68. The Kier molecular flexibility index (Phi) is 4.72. The van der Waals surface area contributed by atoms with E-state index >= 15 is 0 Å². The highest BCUT2D eigenvalue weighted by atomic mass is 19.1. The fourth-order valence-corrected chi connectivity index (χ4v) is 2.53. The maximum Gasteiger partial charge on any atom is 0.338 e. The highest BCUT2D eigenvalue weighted by molar-refractivity contribution is 5.89. The van der Waals surface area contributed by atoms with Crippen LogP contribution >= 0.6 is 0 Å². The lowest BCUT2D eigenvalue weighted by molar-refractivity contribution is -0.386. The maximum atomic E-state index is 13.5. The third-order valence-electron chi connectivity index (χ3n) is 3.68. The molecule has 114 valence electrons. The number of carboxylic acid groups (broad SMARTS) is 1. The van der Waals surface area contributed by atoms with E-state index in [2.05, 4.69) is 0 Å². The van der Waals surface area contributed by atoms with Gasteiger partial charge in [-0.3, -0.25) is 10.1 Å². The quantitative estimate of drug-likeness (QED) is 0.664. The summed E-state index contributed by atoms with van der Waals surface area (Å²) in [6, 6.07) is 1.48. The number of aromatic carboxylic acids is 1. The van der Waals surface area contributed by atoms with E-state index in [1.165, 1.54) is 6.42 Å². The Balaban J connectivity index is 2.20. The first-order chi connectivity index (χ1) is 9.99. The number of halogens is 1. The SMILES string of the molecule is O=C(O)c1cc(OCC2CCCCC2)c([N+](=O)[O-])cc1F. The van der Waals surface area contributed by atoms with Gasteiger partial charge in [-0.05, 0) is 18.8 Å². The zero-order valence-corrected chi connectivity index (χ0v) is 11.4. The molecule has 2 rings (SSSR count). The number of ether oxygens (including phenoxy) is 1. The number of hydrogen-bond donors (Lipinski definition) is 1. The molecule has 1 fully saturated rings. The molecule has 6 nitrogen and oxygen atoms in total. The largest absolute Gasteiger partial charge is 0.486 e. The standard InChI is InChI=1S/C14H16FNO5/c15-11-7-12(16(19)20)13(6-10(11)14(17)18)21-8-9-4-2-1-3-5-9/h6-7,9H,1-5,8H2,(H,17,18). The Bertz CT molecular complexity index is 555. The van der Waals surface area contributed by atoms with Gasteiger partial charge < -0.3 is 9.84 Å². The molecule has 0 unspecified atom stereocenters. The lowest BCUT2D eigenvalue weighted by Crippen LogP contribution is -2.16. The van der Waals surface area contributed by atoms with Crippen LogP contribution in [-0.4, -0.2) is 22.6 Å². The van der Waals surface area contributed by atoms with Gasteiger partial charge in [0.25, 0.3) is 0 Å². The van der Waals surface area contributed by atoms with E-state index in [1.807, 2.05) is 0 Å². The van der Waals surface area contributed by atoms with Crippen LogP contribution in [0.1, 0.15) is 42.5 Å². The van der Waals surface area contributed by atoms with Gasteiger partial charge in [-0.1, -0.05) is 19.3 Å². The number of nitrogens with zero attached hydrogens (tertiary/aromatic N) is 1. The van der Waals surface area contributed by atoms with Crippen LogP contribution in [0.5, 0.6) is 5.75 Å². The summed E-state index contributed by atoms with van der Waals surface area (Å²) in [6.07, 6.45) is 5.34. The van der Waals surface area contributed by atoms with E-state index in [9.17, 15) is 19.3 Å². The van der Waals surface area contributed by atoms with Crippen LogP contribution in [0.3, 0.4) is 0 Å². The molecular weight excluding hydrogens is 281 g/mol. The van der Waals surface area contributed by atoms with Crippen molar-refractivity contribution in [3.05, 3.63) is 33.6 Å². The van der Waals surface area contributed by atoms with E-state index in [0.29, 0.717) is 12.0 Å². The average Bonchev–Trinajstić information content (AvgIpc) is 2.46. The fourth-order valence-electron chi connectivity index (χ4n) is 2.53. The van der Waals surface area contributed by atoms with Crippen molar-refractivity contribution in [1.29, 1.82) is 0 Å². The minimum atomic E-state index is -1.48. The minimum absolute atomic E-state index is 0.190. The molecule has 0 amide bonds. The first-order valence-electron chi connectivity index (χ1n) is 6.83. The van der Waals surface area contributed by atoms with Crippen molar-refractivity contribution in [2.45, 2.75) is 32.1 Å². The van der Waals surface area contributed by atoms with Crippen LogP contribution in [0, 0.1) is 21.8 Å². The molecule has 1 aliphatic carbocycles. The topological polar surface area (TPSA) is 89.7 Å². The first-order valence-corrected chi connectivity index (χ1v) is 6.83. The molecule has 1 aromatic rings. The second-order valence-corrected chi connectivity index (χ2v) is 5.18. The van der Waals surface area contributed by atoms with Crippen molar-refractivity contribution >= 4 is 11.7 Å². The van der Waals surface area contributed by atoms with Crippen molar-refractivity contribution in [2.24, 2.45) is 5.92 Å². The predicted molar refractivity (Wildman–Crippen MR) is 72.1 cm³/mol. The van der Waals surface area contributed by atoms with Crippen LogP contribution in [0.25, 0.3) is 0 Å². The van der Waals surface area contributed by atoms with Crippen LogP contribution in [0.2, 0.25) is 0 Å². The summed E-state index contributed by atoms with van der Waals surface area (Å²) in [5.74, 6) is -2.51. The molecule has 0 heterocycles. The second-order valence-electron chi connectivity index (χ2n) is 5.18. The Hall–Kier alpha value is -2.18. The molecule has 1 N–H and O–H groups in total. The van der Waals surface area contributed by atoms with Crippen LogP contribution in [0.4, 0.5) is 10.1 Å². The summed E-state index contributed by atoms with van der Waals surface area (Å²) in [4.78, 5) is 21.0. The number of nitro groups is 1. The molecule has 7 heteroatoms. The van der Waals surface area contributed by atoms with Gasteiger partial charge in [0.15, 0.2) is 5.75 Å². The molecule has 0 saturated heterocycles. The molecular formula is C14H16FNO5. The highest BCUT2D eigenvalue weighted by Crippen LogP contribution is 2.32. The maximum absolute atomic E-state index is 13.5. The molecule has 21 heavy (non-hydrogen) atoms. The molecule has 0 atom stereocenters. The lowest BCUT2D eigenvalue weighted by atomic mass is 9.90. The van der Waals surface area contributed by atoms with Gasteiger partial charge in [0.05, 0.1) is 23.2 Å². The van der Waals surface area contributed by atoms with Gasteiger partial charge in [0.2, 0.25) is 0 Å². The number of carbonyl (C=O) groups is 1. The minimum Gasteiger partial charge on any atom is -0.486 e. The van der Waals surface area contributed by atoms with Crippen LogP contribution in [-0.2, 0) is 0 Å². The Morgan fingerprint density at radius 2 is 2.05 bits per heavy atom. The van der Waals surface area contributed by atoms with E-state index in [1.54, 1.807) is 0 Å². The van der Waals surface area contributed by atoms with Crippen molar-refractivity contribution < 1.29 is 24.0 Å². The zero-order chi connectivity index (χ0) is 15.4. The molecule has 1 saturated carbocycles. The number of carboxylic acids is 1. The normalized spacial score (nSPS) is 15.7.